The van der Waals surface area contributed by atoms with E-state index >= 15 is 0 Å². The first-order valence-electron chi connectivity index (χ1n) is 5.91. The molecule has 2 N–H and O–H groups in total. The Bertz CT molecular complexity index is 355. The molecule has 96 valence electrons. The van der Waals surface area contributed by atoms with Crippen molar-refractivity contribution in [2.75, 3.05) is 7.11 Å². The number of hydrogen-bond acceptors (Lipinski definition) is 3. The van der Waals surface area contributed by atoms with Crippen molar-refractivity contribution in [3.05, 3.63) is 29.8 Å². The summed E-state index contributed by atoms with van der Waals surface area (Å²) in [5.74, 6) is 0.825. The number of nitrogens with two attached hydrogens (primary N) is 1. The van der Waals surface area contributed by atoms with Crippen LogP contribution in [0.4, 0.5) is 0 Å². The second kappa shape index (κ2) is 5.52. The third-order valence-electron chi connectivity index (χ3n) is 2.38. The van der Waals surface area contributed by atoms with Gasteiger partial charge in [0.15, 0.2) is 0 Å². The average Bonchev–Trinajstić information content (AvgIpc) is 2.24. The predicted molar refractivity (Wildman–Crippen MR) is 70.2 cm³/mol. The Morgan fingerprint density at radius 1 is 1.24 bits per heavy atom. The van der Waals surface area contributed by atoms with Crippen molar-refractivity contribution in [3.63, 3.8) is 0 Å². The molecule has 0 aliphatic rings. The highest BCUT2D eigenvalue weighted by molar-refractivity contribution is 5.30. The van der Waals surface area contributed by atoms with Crippen LogP contribution in [0.2, 0.25) is 0 Å². The molecule has 2 unspecified atom stereocenters. The van der Waals surface area contributed by atoms with Crippen LogP contribution in [0.25, 0.3) is 0 Å². The molecule has 3 nitrogen and oxygen atoms in total. The summed E-state index contributed by atoms with van der Waals surface area (Å²) >= 11 is 0. The standard InChI is InChI=1S/C14H23NO2/c1-10(15)13(17-14(2,3)4)11-7-6-8-12(9-11)16-5/h6-10,13H,15H2,1-5H3. The van der Waals surface area contributed by atoms with Crippen molar-refractivity contribution < 1.29 is 9.47 Å². The Hall–Kier alpha value is -1.06. The van der Waals surface area contributed by atoms with Gasteiger partial charge in [0, 0.05) is 6.04 Å². The van der Waals surface area contributed by atoms with E-state index in [-0.39, 0.29) is 17.7 Å². The van der Waals surface area contributed by atoms with E-state index in [1.54, 1.807) is 7.11 Å². The maximum absolute atomic E-state index is 6.00. The zero-order chi connectivity index (χ0) is 13.1. The van der Waals surface area contributed by atoms with E-state index in [2.05, 4.69) is 0 Å². The fraction of sp³-hybridized carbons (Fsp3) is 0.571. The van der Waals surface area contributed by atoms with E-state index < -0.39 is 0 Å². The van der Waals surface area contributed by atoms with Crippen LogP contribution in [0.1, 0.15) is 39.4 Å². The smallest absolute Gasteiger partial charge is 0.119 e. The Morgan fingerprint density at radius 3 is 2.35 bits per heavy atom. The van der Waals surface area contributed by atoms with Gasteiger partial charge in [-0.3, -0.25) is 0 Å². The molecule has 1 rings (SSSR count). The summed E-state index contributed by atoms with van der Waals surface area (Å²) < 4.78 is 11.2. The molecular formula is C14H23NO2. The van der Waals surface area contributed by atoms with Crippen LogP contribution in [0.5, 0.6) is 5.75 Å². The van der Waals surface area contributed by atoms with Gasteiger partial charge in [0.2, 0.25) is 0 Å². The Balaban J connectivity index is 2.97. The summed E-state index contributed by atoms with van der Waals surface area (Å²) in [6.07, 6.45) is -0.120. The molecule has 0 aromatic heterocycles. The largest absolute Gasteiger partial charge is 0.497 e. The second-order valence-electron chi connectivity index (χ2n) is 5.29. The number of hydrogen-bond donors (Lipinski definition) is 1. The monoisotopic (exact) mass is 237 g/mol. The van der Waals surface area contributed by atoms with Gasteiger partial charge in [-0.1, -0.05) is 12.1 Å². The fourth-order valence-corrected chi connectivity index (χ4v) is 1.68. The zero-order valence-electron chi connectivity index (χ0n) is 11.4. The SMILES string of the molecule is COc1cccc(C(OC(C)(C)C)C(C)N)c1. The van der Waals surface area contributed by atoms with E-state index in [4.69, 9.17) is 15.2 Å². The summed E-state index contributed by atoms with van der Waals surface area (Å²) in [7, 11) is 1.66. The lowest BCUT2D eigenvalue weighted by Crippen LogP contribution is -2.33. The highest BCUT2D eigenvalue weighted by Crippen LogP contribution is 2.28. The second-order valence-corrected chi connectivity index (χ2v) is 5.29. The minimum absolute atomic E-state index is 0.0682. The van der Waals surface area contributed by atoms with E-state index in [9.17, 15) is 0 Å². The van der Waals surface area contributed by atoms with Gasteiger partial charge in [-0.25, -0.2) is 0 Å². The normalized spacial score (nSPS) is 15.4. The van der Waals surface area contributed by atoms with Crippen LogP contribution in [0, 0.1) is 0 Å². The van der Waals surface area contributed by atoms with Gasteiger partial charge in [-0.15, -0.1) is 0 Å². The maximum Gasteiger partial charge on any atom is 0.119 e. The summed E-state index contributed by atoms with van der Waals surface area (Å²) in [5.41, 5.74) is 6.83. The quantitative estimate of drug-likeness (QED) is 0.875. The van der Waals surface area contributed by atoms with Crippen molar-refractivity contribution >= 4 is 0 Å². The van der Waals surface area contributed by atoms with Crippen LogP contribution in [-0.4, -0.2) is 18.8 Å². The summed E-state index contributed by atoms with van der Waals surface area (Å²) in [4.78, 5) is 0. The van der Waals surface area contributed by atoms with Gasteiger partial charge < -0.3 is 15.2 Å². The molecule has 0 fully saturated rings. The van der Waals surface area contributed by atoms with Gasteiger partial charge in [0.1, 0.15) is 5.75 Å². The maximum atomic E-state index is 6.00. The van der Waals surface area contributed by atoms with Crippen LogP contribution in [0.15, 0.2) is 24.3 Å². The number of ether oxygens (including phenoxy) is 2. The van der Waals surface area contributed by atoms with Gasteiger partial charge >= 0.3 is 0 Å². The molecule has 0 aliphatic heterocycles. The summed E-state index contributed by atoms with van der Waals surface area (Å²) in [6.45, 7) is 8.05. The minimum atomic E-state index is -0.221. The molecule has 0 spiro atoms. The number of methoxy groups -OCH3 is 1. The van der Waals surface area contributed by atoms with Crippen molar-refractivity contribution in [2.45, 2.75) is 45.4 Å². The van der Waals surface area contributed by atoms with Gasteiger partial charge in [-0.05, 0) is 45.4 Å². The third-order valence-corrected chi connectivity index (χ3v) is 2.38. The van der Waals surface area contributed by atoms with Crippen LogP contribution >= 0.6 is 0 Å². The predicted octanol–water partition coefficient (Wildman–Crippen LogP) is 2.90. The molecule has 0 heterocycles. The van der Waals surface area contributed by atoms with E-state index in [0.29, 0.717) is 0 Å². The lowest BCUT2D eigenvalue weighted by atomic mass is 10.0. The zero-order valence-corrected chi connectivity index (χ0v) is 11.4. The lowest BCUT2D eigenvalue weighted by molar-refractivity contribution is -0.0702. The molecule has 1 aromatic rings. The highest BCUT2D eigenvalue weighted by atomic mass is 16.5. The lowest BCUT2D eigenvalue weighted by Gasteiger charge is -2.30. The first-order valence-corrected chi connectivity index (χ1v) is 5.91. The molecule has 0 amide bonds. The molecule has 2 atom stereocenters. The topological polar surface area (TPSA) is 44.5 Å². The molecule has 0 radical (unpaired) electrons. The third kappa shape index (κ3) is 4.36. The van der Waals surface area contributed by atoms with E-state index in [1.165, 1.54) is 0 Å². The summed E-state index contributed by atoms with van der Waals surface area (Å²) in [5, 5.41) is 0. The van der Waals surface area contributed by atoms with Crippen LogP contribution in [-0.2, 0) is 4.74 Å². The average molecular weight is 237 g/mol. The first kappa shape index (κ1) is 14.0. The minimum Gasteiger partial charge on any atom is -0.497 e. The number of rotatable bonds is 4. The first-order chi connectivity index (χ1) is 7.83. The molecule has 17 heavy (non-hydrogen) atoms. The Morgan fingerprint density at radius 2 is 1.88 bits per heavy atom. The van der Waals surface area contributed by atoms with Gasteiger partial charge in [0.05, 0.1) is 18.8 Å². The summed E-state index contributed by atoms with van der Waals surface area (Å²) in [6, 6.07) is 7.79. The number of benzene rings is 1. The molecule has 0 saturated heterocycles. The Labute approximate surface area is 104 Å². The Kier molecular flexibility index (Phi) is 4.54. The molecule has 0 aliphatic carbocycles. The molecular weight excluding hydrogens is 214 g/mol. The van der Waals surface area contributed by atoms with Gasteiger partial charge in [0.25, 0.3) is 0 Å². The molecule has 1 aromatic carbocycles. The molecule has 0 saturated carbocycles. The highest BCUT2D eigenvalue weighted by Gasteiger charge is 2.23. The fourth-order valence-electron chi connectivity index (χ4n) is 1.68. The van der Waals surface area contributed by atoms with Crippen molar-refractivity contribution in [1.82, 2.24) is 0 Å². The van der Waals surface area contributed by atoms with Crippen molar-refractivity contribution in [1.29, 1.82) is 0 Å². The van der Waals surface area contributed by atoms with E-state index in [0.717, 1.165) is 11.3 Å². The molecule has 0 bridgehead atoms. The molecule has 3 heteroatoms. The van der Waals surface area contributed by atoms with E-state index in [1.807, 2.05) is 52.0 Å². The van der Waals surface area contributed by atoms with Crippen molar-refractivity contribution in [3.8, 4) is 5.75 Å². The van der Waals surface area contributed by atoms with Crippen LogP contribution < -0.4 is 10.5 Å². The van der Waals surface area contributed by atoms with Crippen LogP contribution in [0.3, 0.4) is 0 Å². The van der Waals surface area contributed by atoms with Gasteiger partial charge in [-0.2, -0.15) is 0 Å². The van der Waals surface area contributed by atoms with Crippen molar-refractivity contribution in [2.24, 2.45) is 5.73 Å².